The van der Waals surface area contributed by atoms with Crippen molar-refractivity contribution in [3.8, 4) is 0 Å². The van der Waals surface area contributed by atoms with Gasteiger partial charge in [0.2, 0.25) is 11.8 Å². The molecule has 2 N–H and O–H groups in total. The summed E-state index contributed by atoms with van der Waals surface area (Å²) in [5.41, 5.74) is 1.04. The van der Waals surface area contributed by atoms with E-state index in [-0.39, 0.29) is 23.0 Å². The standard InChI is InChI=1S/C21H23FN2O2/c1-20(2,3)16-6-4-5-7-17(16)24-19(26)21(12-13-21)18(25)23-15-10-8-14(22)9-11-15/h4-11H,12-13H2,1-3H3,(H,23,25)(H,24,26). The zero-order valence-corrected chi connectivity index (χ0v) is 15.2. The normalized spacial score (nSPS) is 15.2. The van der Waals surface area contributed by atoms with Gasteiger partial charge in [0.25, 0.3) is 0 Å². The SMILES string of the molecule is CC(C)(C)c1ccccc1NC(=O)C1(C(=O)Nc2ccc(F)cc2)CC1. The lowest BCUT2D eigenvalue weighted by Gasteiger charge is -2.24. The van der Waals surface area contributed by atoms with Crippen LogP contribution in [0.1, 0.15) is 39.2 Å². The Balaban J connectivity index is 1.76. The average molecular weight is 354 g/mol. The average Bonchev–Trinajstić information content (AvgIpc) is 3.38. The van der Waals surface area contributed by atoms with Crippen LogP contribution in [0.4, 0.5) is 15.8 Å². The zero-order valence-electron chi connectivity index (χ0n) is 15.2. The van der Waals surface area contributed by atoms with Crippen LogP contribution in [0.15, 0.2) is 48.5 Å². The molecule has 26 heavy (non-hydrogen) atoms. The third-order valence-corrected chi connectivity index (χ3v) is 4.70. The highest BCUT2D eigenvalue weighted by atomic mass is 19.1. The molecule has 0 atom stereocenters. The van der Waals surface area contributed by atoms with Crippen molar-refractivity contribution in [3.63, 3.8) is 0 Å². The number of nitrogens with one attached hydrogen (secondary N) is 2. The molecule has 1 saturated carbocycles. The minimum atomic E-state index is -1.06. The fourth-order valence-electron chi connectivity index (χ4n) is 2.95. The number of rotatable bonds is 4. The smallest absolute Gasteiger partial charge is 0.240 e. The van der Waals surface area contributed by atoms with Gasteiger partial charge in [0.15, 0.2) is 0 Å². The molecule has 5 heteroatoms. The van der Waals surface area contributed by atoms with Crippen LogP contribution in [-0.4, -0.2) is 11.8 Å². The molecule has 1 fully saturated rings. The van der Waals surface area contributed by atoms with Gasteiger partial charge >= 0.3 is 0 Å². The van der Waals surface area contributed by atoms with E-state index in [0.29, 0.717) is 18.5 Å². The van der Waals surface area contributed by atoms with Gasteiger partial charge in [-0.3, -0.25) is 9.59 Å². The monoisotopic (exact) mass is 354 g/mol. The second-order valence-corrected chi connectivity index (χ2v) is 7.79. The minimum absolute atomic E-state index is 0.128. The summed E-state index contributed by atoms with van der Waals surface area (Å²) < 4.78 is 13.0. The Labute approximate surface area is 152 Å². The van der Waals surface area contributed by atoms with Crippen LogP contribution < -0.4 is 10.6 Å². The molecular weight excluding hydrogens is 331 g/mol. The summed E-state index contributed by atoms with van der Waals surface area (Å²) in [6, 6.07) is 13.1. The Morgan fingerprint density at radius 3 is 2.08 bits per heavy atom. The highest BCUT2D eigenvalue weighted by molar-refractivity contribution is 6.17. The number of halogens is 1. The van der Waals surface area contributed by atoms with Crippen LogP contribution in [0, 0.1) is 11.2 Å². The largest absolute Gasteiger partial charge is 0.325 e. The van der Waals surface area contributed by atoms with Crippen molar-refractivity contribution >= 4 is 23.2 Å². The molecule has 1 aliphatic rings. The Kier molecular flexibility index (Phi) is 4.57. The van der Waals surface area contributed by atoms with Crippen LogP contribution in [-0.2, 0) is 15.0 Å². The third kappa shape index (κ3) is 3.62. The van der Waals surface area contributed by atoms with Gasteiger partial charge in [0, 0.05) is 11.4 Å². The lowest BCUT2D eigenvalue weighted by Crippen LogP contribution is -2.36. The van der Waals surface area contributed by atoms with E-state index in [4.69, 9.17) is 0 Å². The number of benzene rings is 2. The summed E-state index contributed by atoms with van der Waals surface area (Å²) in [6.07, 6.45) is 1.01. The van der Waals surface area contributed by atoms with E-state index in [1.807, 2.05) is 24.3 Å². The summed E-state index contributed by atoms with van der Waals surface area (Å²) >= 11 is 0. The molecule has 3 rings (SSSR count). The van der Waals surface area contributed by atoms with Gasteiger partial charge in [0.1, 0.15) is 11.2 Å². The van der Waals surface area contributed by atoms with Crippen molar-refractivity contribution < 1.29 is 14.0 Å². The molecule has 0 unspecified atom stereocenters. The summed E-state index contributed by atoms with van der Waals surface area (Å²) in [5, 5.41) is 5.65. The first kappa shape index (κ1) is 18.1. The minimum Gasteiger partial charge on any atom is -0.325 e. The summed E-state index contributed by atoms with van der Waals surface area (Å²) in [5.74, 6) is -1.02. The first-order valence-corrected chi connectivity index (χ1v) is 8.70. The van der Waals surface area contributed by atoms with Crippen LogP contribution in [0.3, 0.4) is 0 Å². The molecule has 0 heterocycles. The Bertz CT molecular complexity index is 834. The van der Waals surface area contributed by atoms with Gasteiger partial charge in [-0.15, -0.1) is 0 Å². The lowest BCUT2D eigenvalue weighted by molar-refractivity contribution is -0.131. The Hall–Kier alpha value is -2.69. The van der Waals surface area contributed by atoms with Crippen LogP contribution in [0.25, 0.3) is 0 Å². The molecule has 0 aliphatic heterocycles. The number of para-hydroxylation sites is 1. The second-order valence-electron chi connectivity index (χ2n) is 7.79. The van der Waals surface area contributed by atoms with Gasteiger partial charge < -0.3 is 10.6 Å². The van der Waals surface area contributed by atoms with Crippen molar-refractivity contribution in [3.05, 3.63) is 59.9 Å². The number of carbonyl (C=O) groups excluding carboxylic acids is 2. The van der Waals surface area contributed by atoms with Gasteiger partial charge in [-0.05, 0) is 54.2 Å². The van der Waals surface area contributed by atoms with E-state index >= 15 is 0 Å². The molecule has 0 radical (unpaired) electrons. The molecule has 0 aromatic heterocycles. The van der Waals surface area contributed by atoms with Crippen LogP contribution in [0.5, 0.6) is 0 Å². The van der Waals surface area contributed by atoms with Crippen molar-refractivity contribution in [2.24, 2.45) is 5.41 Å². The van der Waals surface area contributed by atoms with Gasteiger partial charge in [0.05, 0.1) is 0 Å². The first-order valence-electron chi connectivity index (χ1n) is 8.70. The number of anilines is 2. The Morgan fingerprint density at radius 1 is 0.923 bits per heavy atom. The quantitative estimate of drug-likeness (QED) is 0.795. The second kappa shape index (κ2) is 6.56. The summed E-state index contributed by atoms with van der Waals surface area (Å²) in [4.78, 5) is 25.5. The molecule has 0 spiro atoms. The summed E-state index contributed by atoms with van der Waals surface area (Å²) in [7, 11) is 0. The first-order chi connectivity index (χ1) is 12.2. The molecule has 0 saturated heterocycles. The van der Waals surface area contributed by atoms with E-state index in [0.717, 1.165) is 11.3 Å². The van der Waals surface area contributed by atoms with Crippen molar-refractivity contribution in [1.82, 2.24) is 0 Å². The predicted octanol–water partition coefficient (Wildman–Crippen LogP) is 4.48. The number of hydrogen-bond acceptors (Lipinski definition) is 2. The predicted molar refractivity (Wildman–Crippen MR) is 100 cm³/mol. The van der Waals surface area contributed by atoms with Crippen molar-refractivity contribution in [2.75, 3.05) is 10.6 Å². The van der Waals surface area contributed by atoms with Crippen molar-refractivity contribution in [1.29, 1.82) is 0 Å². The molecule has 136 valence electrons. The highest BCUT2D eigenvalue weighted by Gasteiger charge is 2.56. The van der Waals surface area contributed by atoms with E-state index in [1.54, 1.807) is 0 Å². The highest BCUT2D eigenvalue weighted by Crippen LogP contribution is 2.48. The topological polar surface area (TPSA) is 58.2 Å². The maximum absolute atomic E-state index is 13.0. The molecule has 2 aromatic rings. The fraction of sp³-hybridized carbons (Fsp3) is 0.333. The van der Waals surface area contributed by atoms with E-state index in [1.165, 1.54) is 24.3 Å². The molecule has 0 bridgehead atoms. The number of hydrogen-bond donors (Lipinski definition) is 2. The van der Waals surface area contributed by atoms with E-state index in [9.17, 15) is 14.0 Å². The fourth-order valence-corrected chi connectivity index (χ4v) is 2.95. The van der Waals surface area contributed by atoms with Gasteiger partial charge in [-0.1, -0.05) is 39.0 Å². The van der Waals surface area contributed by atoms with Crippen LogP contribution in [0.2, 0.25) is 0 Å². The maximum atomic E-state index is 13.0. The molecule has 4 nitrogen and oxygen atoms in total. The molecule has 2 aromatic carbocycles. The van der Waals surface area contributed by atoms with Gasteiger partial charge in [-0.25, -0.2) is 4.39 Å². The molecule has 1 aliphatic carbocycles. The number of amides is 2. The molecular formula is C21H23FN2O2. The maximum Gasteiger partial charge on any atom is 0.240 e. The summed E-state index contributed by atoms with van der Waals surface area (Å²) in [6.45, 7) is 6.23. The zero-order chi connectivity index (χ0) is 18.9. The van der Waals surface area contributed by atoms with Crippen LogP contribution >= 0.6 is 0 Å². The van der Waals surface area contributed by atoms with Crippen molar-refractivity contribution in [2.45, 2.75) is 39.0 Å². The third-order valence-electron chi connectivity index (χ3n) is 4.70. The van der Waals surface area contributed by atoms with E-state index in [2.05, 4.69) is 31.4 Å². The van der Waals surface area contributed by atoms with Gasteiger partial charge in [-0.2, -0.15) is 0 Å². The van der Waals surface area contributed by atoms with E-state index < -0.39 is 5.41 Å². The lowest BCUT2D eigenvalue weighted by atomic mass is 9.85. The Morgan fingerprint density at radius 2 is 1.50 bits per heavy atom. The number of carbonyl (C=O) groups is 2. The molecule has 2 amide bonds.